The van der Waals surface area contributed by atoms with Gasteiger partial charge in [0, 0.05) is 19.3 Å². The molecule has 0 bridgehead atoms. The van der Waals surface area contributed by atoms with Crippen molar-refractivity contribution in [3.63, 3.8) is 0 Å². The van der Waals surface area contributed by atoms with Crippen LogP contribution in [0.4, 0.5) is 0 Å². The molecular weight excluding hydrogens is 1020 g/mol. The molecule has 0 spiro atoms. The Morgan fingerprint density at radius 1 is 0.253 bits per heavy atom. The van der Waals surface area contributed by atoms with Crippen molar-refractivity contribution in [2.75, 3.05) is 13.2 Å². The molecule has 6 heteroatoms. The van der Waals surface area contributed by atoms with E-state index in [4.69, 9.17) is 14.2 Å². The summed E-state index contributed by atoms with van der Waals surface area (Å²) in [6.07, 6.45) is 97.5. The summed E-state index contributed by atoms with van der Waals surface area (Å²) in [6, 6.07) is 0. The van der Waals surface area contributed by atoms with E-state index in [2.05, 4.69) is 130 Å². The van der Waals surface area contributed by atoms with E-state index in [1.165, 1.54) is 180 Å². The Bertz CT molecular complexity index is 1660. The van der Waals surface area contributed by atoms with Crippen LogP contribution in [0, 0.1) is 0 Å². The highest BCUT2D eigenvalue weighted by Gasteiger charge is 2.19. The van der Waals surface area contributed by atoms with E-state index in [9.17, 15) is 14.4 Å². The summed E-state index contributed by atoms with van der Waals surface area (Å²) in [7, 11) is 0. The lowest BCUT2D eigenvalue weighted by Crippen LogP contribution is -2.30. The number of hydrogen-bond donors (Lipinski definition) is 0. The van der Waals surface area contributed by atoms with Crippen LogP contribution in [-0.2, 0) is 28.6 Å². The van der Waals surface area contributed by atoms with Gasteiger partial charge in [-0.2, -0.15) is 0 Å². The minimum atomic E-state index is -0.775. The number of hydrogen-bond acceptors (Lipinski definition) is 6. The highest BCUT2D eigenvalue weighted by atomic mass is 16.6. The lowest BCUT2D eigenvalue weighted by atomic mass is 10.0. The van der Waals surface area contributed by atoms with Crippen LogP contribution in [0.3, 0.4) is 0 Å². The molecule has 0 aliphatic heterocycles. The third kappa shape index (κ3) is 68.7. The fraction of sp³-hybridized carbons (Fsp3) is 0.727. The van der Waals surface area contributed by atoms with Crippen molar-refractivity contribution in [2.45, 2.75) is 348 Å². The summed E-state index contributed by atoms with van der Waals surface area (Å²) in [5.74, 6) is -0.876. The minimum Gasteiger partial charge on any atom is -0.462 e. The van der Waals surface area contributed by atoms with Crippen LogP contribution in [0.1, 0.15) is 342 Å². The highest BCUT2D eigenvalue weighted by Crippen LogP contribution is 2.18. The molecule has 1 unspecified atom stereocenters. The second-order valence-electron chi connectivity index (χ2n) is 23.4. The Kier molecular flexibility index (Phi) is 67.2. The molecule has 0 aliphatic rings. The average molecular weight is 1150 g/mol. The van der Waals surface area contributed by atoms with Crippen molar-refractivity contribution in [1.29, 1.82) is 0 Å². The number of ether oxygens (including phenoxy) is 3. The Labute approximate surface area is 514 Å². The van der Waals surface area contributed by atoms with E-state index in [1.807, 2.05) is 0 Å². The van der Waals surface area contributed by atoms with E-state index in [0.29, 0.717) is 19.3 Å². The van der Waals surface area contributed by atoms with E-state index >= 15 is 0 Å². The van der Waals surface area contributed by atoms with Crippen LogP contribution < -0.4 is 0 Å². The van der Waals surface area contributed by atoms with Gasteiger partial charge < -0.3 is 14.2 Å². The van der Waals surface area contributed by atoms with Gasteiger partial charge in [-0.25, -0.2) is 0 Å². The molecule has 0 aliphatic carbocycles. The quantitative estimate of drug-likeness (QED) is 0.0261. The summed E-state index contributed by atoms with van der Waals surface area (Å²) >= 11 is 0. The van der Waals surface area contributed by atoms with Gasteiger partial charge in [-0.05, 0) is 103 Å². The Hall–Kier alpha value is -3.93. The van der Waals surface area contributed by atoms with Crippen molar-refractivity contribution in [2.24, 2.45) is 0 Å². The molecule has 0 N–H and O–H groups in total. The number of carbonyl (C=O) groups is 3. The first-order valence-electron chi connectivity index (χ1n) is 35.4. The fourth-order valence-electron chi connectivity index (χ4n) is 10.1. The van der Waals surface area contributed by atoms with Gasteiger partial charge in [0.1, 0.15) is 13.2 Å². The number of carbonyl (C=O) groups excluding carboxylic acids is 3. The highest BCUT2D eigenvalue weighted by molar-refractivity contribution is 5.71. The summed E-state index contributed by atoms with van der Waals surface area (Å²) in [4.78, 5) is 38.0. The molecule has 1 atom stereocenters. The Morgan fingerprint density at radius 2 is 0.470 bits per heavy atom. The first-order chi connectivity index (χ1) is 41.0. The molecule has 83 heavy (non-hydrogen) atoms. The predicted octanol–water partition coefficient (Wildman–Crippen LogP) is 24.6. The molecule has 0 fully saturated rings. The number of esters is 3. The third-order valence-electron chi connectivity index (χ3n) is 15.3. The molecule has 0 aromatic heterocycles. The van der Waals surface area contributed by atoms with Crippen LogP contribution in [0.25, 0.3) is 0 Å². The largest absolute Gasteiger partial charge is 0.462 e. The van der Waals surface area contributed by atoms with Gasteiger partial charge >= 0.3 is 17.9 Å². The van der Waals surface area contributed by atoms with E-state index in [1.54, 1.807) is 0 Å². The van der Waals surface area contributed by atoms with Gasteiger partial charge in [-0.3, -0.25) is 14.4 Å². The monoisotopic (exact) mass is 1150 g/mol. The van der Waals surface area contributed by atoms with Crippen molar-refractivity contribution in [3.8, 4) is 0 Å². The van der Waals surface area contributed by atoms with Gasteiger partial charge in [0.25, 0.3) is 0 Å². The zero-order valence-corrected chi connectivity index (χ0v) is 54.7. The second-order valence-corrected chi connectivity index (χ2v) is 23.4. The maximum atomic E-state index is 12.9. The van der Waals surface area contributed by atoms with Crippen LogP contribution in [-0.4, -0.2) is 37.2 Å². The molecule has 0 saturated carbocycles. The minimum absolute atomic E-state index is 0.0746. The molecule has 0 aromatic rings. The van der Waals surface area contributed by atoms with Gasteiger partial charge in [0.15, 0.2) is 6.10 Å². The zero-order valence-electron chi connectivity index (χ0n) is 54.7. The van der Waals surface area contributed by atoms with Gasteiger partial charge in [-0.15, -0.1) is 0 Å². The molecule has 0 rings (SSSR count). The molecule has 0 heterocycles. The molecule has 0 radical (unpaired) electrons. The second kappa shape index (κ2) is 70.6. The first-order valence-corrected chi connectivity index (χ1v) is 35.4. The Balaban J connectivity index is 3.96. The zero-order chi connectivity index (χ0) is 59.9. The molecule has 0 amide bonds. The van der Waals surface area contributed by atoms with Crippen molar-refractivity contribution < 1.29 is 28.6 Å². The third-order valence-corrected chi connectivity index (χ3v) is 15.3. The number of allylic oxidation sites excluding steroid dienone is 18. The smallest absolute Gasteiger partial charge is 0.306 e. The lowest BCUT2D eigenvalue weighted by Gasteiger charge is -2.18. The summed E-state index contributed by atoms with van der Waals surface area (Å²) < 4.78 is 16.8. The van der Waals surface area contributed by atoms with E-state index < -0.39 is 6.10 Å². The van der Waals surface area contributed by atoms with Gasteiger partial charge in [0.2, 0.25) is 0 Å². The van der Waals surface area contributed by atoms with Crippen LogP contribution in [0.15, 0.2) is 109 Å². The first kappa shape index (κ1) is 79.1. The molecule has 0 aromatic carbocycles. The lowest BCUT2D eigenvalue weighted by molar-refractivity contribution is -0.167. The van der Waals surface area contributed by atoms with Gasteiger partial charge in [0.05, 0.1) is 0 Å². The van der Waals surface area contributed by atoms with E-state index in [0.717, 1.165) is 122 Å². The fourth-order valence-corrected chi connectivity index (χ4v) is 10.1. The normalized spacial score (nSPS) is 12.8. The standard InChI is InChI=1S/C77H132O6/c1-4-7-10-13-15-17-19-21-23-25-27-29-31-33-35-37-38-40-41-43-45-47-49-51-53-55-57-59-61-64-67-70-76(79)82-73-74(72-81-75(78)69-66-63-12-9-6-3)83-77(80)71-68-65-62-60-58-56-54-52-50-48-46-44-42-39-36-34-32-30-28-26-24-22-20-18-16-14-11-8-5-2/h7-8,10-11,15-18,21-24,27-30,34,36,74H,4-6,9,12-14,19-20,25-26,31-33,35,37-73H2,1-3H3/b10-7-,11-8-,17-15-,18-16-,23-21-,24-22-,29-27-,30-28-,36-34-. The molecule has 6 nitrogen and oxygen atoms in total. The van der Waals surface area contributed by atoms with E-state index in [-0.39, 0.29) is 31.1 Å². The SMILES string of the molecule is CC/C=C\C/C=C\C/C=C\C/C=C\C/C=C\CCCCCCCCCCCCCCCC(=O)OC(COC(=O)CCCCCCC)COC(=O)CCCCCCCCCCCCCCCCCCCC/C=C\C/C=C\C/C=C\C/C=C\CC. The Morgan fingerprint density at radius 3 is 0.735 bits per heavy atom. The van der Waals surface area contributed by atoms with Gasteiger partial charge in [-0.1, -0.05) is 329 Å². The molecule has 0 saturated heterocycles. The topological polar surface area (TPSA) is 78.9 Å². The van der Waals surface area contributed by atoms with Crippen LogP contribution in [0.5, 0.6) is 0 Å². The van der Waals surface area contributed by atoms with Crippen molar-refractivity contribution >= 4 is 17.9 Å². The molecular formula is C77H132O6. The van der Waals surface area contributed by atoms with Crippen LogP contribution >= 0.6 is 0 Å². The van der Waals surface area contributed by atoms with Crippen molar-refractivity contribution in [3.05, 3.63) is 109 Å². The maximum absolute atomic E-state index is 12.9. The predicted molar refractivity (Wildman–Crippen MR) is 362 cm³/mol. The average Bonchev–Trinajstić information content (AvgIpc) is 3.48. The summed E-state index contributed by atoms with van der Waals surface area (Å²) in [5.41, 5.74) is 0. The van der Waals surface area contributed by atoms with Crippen LogP contribution in [0.2, 0.25) is 0 Å². The summed E-state index contributed by atoms with van der Waals surface area (Å²) in [6.45, 7) is 6.37. The number of rotatable bonds is 64. The number of unbranched alkanes of at least 4 members (excludes halogenated alkanes) is 35. The van der Waals surface area contributed by atoms with Crippen molar-refractivity contribution in [1.82, 2.24) is 0 Å². The summed E-state index contributed by atoms with van der Waals surface area (Å²) in [5, 5.41) is 0. The maximum Gasteiger partial charge on any atom is 0.306 e. The molecule has 476 valence electrons.